The minimum absolute atomic E-state index is 0.140. The highest BCUT2D eigenvalue weighted by atomic mass is 16.5. The van der Waals surface area contributed by atoms with Crippen LogP contribution in [0.25, 0.3) is 10.9 Å². The Bertz CT molecular complexity index is 364. The molecule has 0 aliphatic heterocycles. The van der Waals surface area contributed by atoms with E-state index in [-0.39, 0.29) is 5.75 Å². The van der Waals surface area contributed by atoms with E-state index in [2.05, 4.69) is 4.85 Å². The zero-order valence-electron chi connectivity index (χ0n) is 7.19. The van der Waals surface area contributed by atoms with Crippen LogP contribution in [-0.2, 0) is 0 Å². The average Bonchev–Trinajstić information content (AvgIpc) is 2.17. The summed E-state index contributed by atoms with van der Waals surface area (Å²) in [5.74, 6) is 0.795. The van der Waals surface area contributed by atoms with Crippen LogP contribution in [0, 0.1) is 6.57 Å². The molecule has 0 aliphatic rings. The van der Waals surface area contributed by atoms with Gasteiger partial charge in [-0.05, 0) is 18.2 Å². The normalized spacial score (nSPS) is 9.85. The number of methoxy groups -OCH3 is 1. The average molecular weight is 175 g/mol. The van der Waals surface area contributed by atoms with Crippen LogP contribution in [0.3, 0.4) is 0 Å². The topological polar surface area (TPSA) is 33.8 Å². The molecule has 1 aromatic carbocycles. The second kappa shape index (κ2) is 4.17. The van der Waals surface area contributed by atoms with Crippen LogP contribution in [0.1, 0.15) is 5.56 Å². The van der Waals surface area contributed by atoms with E-state index in [1.165, 1.54) is 18.3 Å². The highest BCUT2D eigenvalue weighted by Gasteiger charge is 1.98. The number of ether oxygens (including phenoxy) is 1. The molecule has 0 radical (unpaired) electrons. The lowest BCUT2D eigenvalue weighted by atomic mass is 10.2. The fraction of sp³-hybridized carbons (Fsp3) is 0.100. The van der Waals surface area contributed by atoms with Gasteiger partial charge in [-0.15, -0.1) is 0 Å². The van der Waals surface area contributed by atoms with Crippen LogP contribution in [0.5, 0.6) is 11.5 Å². The first-order valence-corrected chi connectivity index (χ1v) is 3.68. The summed E-state index contributed by atoms with van der Waals surface area (Å²) in [6.07, 6.45) is 2.82. The minimum Gasteiger partial charge on any atom is -0.507 e. The summed E-state index contributed by atoms with van der Waals surface area (Å²) in [6.45, 7) is 6.55. The van der Waals surface area contributed by atoms with Crippen molar-refractivity contribution in [1.29, 1.82) is 0 Å². The molecule has 0 aromatic heterocycles. The van der Waals surface area contributed by atoms with Gasteiger partial charge in [0.2, 0.25) is 0 Å². The van der Waals surface area contributed by atoms with Crippen LogP contribution in [0.15, 0.2) is 24.4 Å². The third kappa shape index (κ3) is 2.24. The number of aromatic hydroxyl groups is 1. The zero-order chi connectivity index (χ0) is 9.68. The van der Waals surface area contributed by atoms with Gasteiger partial charge in [-0.1, -0.05) is 6.08 Å². The van der Waals surface area contributed by atoms with Crippen LogP contribution in [0.2, 0.25) is 0 Å². The standard InChI is InChI=1S/C10H9NO2/c1-11-6-5-8-7-9(13-2)3-4-10(8)12/h3-7,12H,2H3. The molecule has 3 heteroatoms. The minimum atomic E-state index is 0.140. The Hall–Kier alpha value is -1.95. The van der Waals surface area contributed by atoms with Crippen LogP contribution < -0.4 is 4.74 Å². The molecule has 0 saturated heterocycles. The van der Waals surface area contributed by atoms with E-state index in [0.29, 0.717) is 11.3 Å². The van der Waals surface area contributed by atoms with E-state index >= 15 is 0 Å². The molecule has 0 saturated carbocycles. The van der Waals surface area contributed by atoms with Gasteiger partial charge in [0, 0.05) is 5.56 Å². The van der Waals surface area contributed by atoms with E-state index in [1.54, 1.807) is 19.2 Å². The summed E-state index contributed by atoms with van der Waals surface area (Å²) < 4.78 is 4.97. The molecule has 3 nitrogen and oxygen atoms in total. The number of rotatable bonds is 2. The lowest BCUT2D eigenvalue weighted by Gasteiger charge is -2.02. The first-order valence-electron chi connectivity index (χ1n) is 3.68. The van der Waals surface area contributed by atoms with E-state index in [0.717, 1.165) is 0 Å². The lowest BCUT2D eigenvalue weighted by molar-refractivity contribution is 0.412. The Morgan fingerprint density at radius 3 is 2.92 bits per heavy atom. The van der Waals surface area contributed by atoms with Crippen LogP contribution >= 0.6 is 0 Å². The number of hydrogen-bond donors (Lipinski definition) is 1. The maximum absolute atomic E-state index is 9.35. The Morgan fingerprint density at radius 1 is 1.54 bits per heavy atom. The second-order valence-corrected chi connectivity index (χ2v) is 2.37. The van der Waals surface area contributed by atoms with Crippen molar-refractivity contribution in [3.8, 4) is 11.5 Å². The molecule has 1 N–H and O–H groups in total. The summed E-state index contributed by atoms with van der Waals surface area (Å²) in [5.41, 5.74) is 0.579. The summed E-state index contributed by atoms with van der Waals surface area (Å²) in [5, 5.41) is 9.35. The van der Waals surface area contributed by atoms with E-state index in [1.807, 2.05) is 0 Å². The Balaban J connectivity index is 3.05. The molecule has 0 spiro atoms. The summed E-state index contributed by atoms with van der Waals surface area (Å²) >= 11 is 0. The highest BCUT2D eigenvalue weighted by molar-refractivity contribution is 5.59. The van der Waals surface area contributed by atoms with Crippen molar-refractivity contribution >= 4 is 6.08 Å². The van der Waals surface area contributed by atoms with Gasteiger partial charge in [0.1, 0.15) is 11.5 Å². The highest BCUT2D eigenvalue weighted by Crippen LogP contribution is 2.23. The van der Waals surface area contributed by atoms with Gasteiger partial charge >= 0.3 is 0 Å². The summed E-state index contributed by atoms with van der Waals surface area (Å²) in [7, 11) is 1.55. The molecule has 0 atom stereocenters. The molecule has 66 valence electrons. The van der Waals surface area contributed by atoms with Gasteiger partial charge in [-0.2, -0.15) is 0 Å². The first kappa shape index (κ1) is 9.14. The first-order chi connectivity index (χ1) is 6.27. The molecule has 0 unspecified atom stereocenters. The van der Waals surface area contributed by atoms with Gasteiger partial charge in [0.25, 0.3) is 0 Å². The molecule has 0 fully saturated rings. The number of nitrogens with zero attached hydrogens (tertiary/aromatic N) is 1. The fourth-order valence-corrected chi connectivity index (χ4v) is 0.911. The number of phenolic OH excluding ortho intramolecular Hbond substituents is 1. The van der Waals surface area contributed by atoms with Crippen molar-refractivity contribution in [2.75, 3.05) is 7.11 Å². The third-order valence-corrected chi connectivity index (χ3v) is 1.56. The quantitative estimate of drug-likeness (QED) is 0.699. The van der Waals surface area contributed by atoms with Gasteiger partial charge in [-0.3, -0.25) is 0 Å². The third-order valence-electron chi connectivity index (χ3n) is 1.56. The van der Waals surface area contributed by atoms with Gasteiger partial charge in [0.15, 0.2) is 6.20 Å². The number of phenols is 1. The lowest BCUT2D eigenvalue weighted by Crippen LogP contribution is -1.83. The predicted octanol–water partition coefficient (Wildman–Crippen LogP) is 2.29. The van der Waals surface area contributed by atoms with Crippen LogP contribution in [0.4, 0.5) is 0 Å². The number of benzene rings is 1. The maximum atomic E-state index is 9.35. The Kier molecular flexibility index (Phi) is 2.93. The largest absolute Gasteiger partial charge is 0.507 e. The molecular formula is C10H9NO2. The van der Waals surface area contributed by atoms with Crippen molar-refractivity contribution < 1.29 is 9.84 Å². The fourth-order valence-electron chi connectivity index (χ4n) is 0.911. The number of hydrogen-bond acceptors (Lipinski definition) is 2. The molecular weight excluding hydrogens is 166 g/mol. The van der Waals surface area contributed by atoms with Crippen molar-refractivity contribution in [2.24, 2.45) is 0 Å². The smallest absolute Gasteiger partial charge is 0.154 e. The SMILES string of the molecule is [C-]#[N+]C=Cc1cc(OC)ccc1O. The summed E-state index contributed by atoms with van der Waals surface area (Å²) in [6, 6.07) is 4.85. The summed E-state index contributed by atoms with van der Waals surface area (Å²) in [4.78, 5) is 3.05. The monoisotopic (exact) mass is 175 g/mol. The van der Waals surface area contributed by atoms with Gasteiger partial charge in [-0.25, -0.2) is 4.85 Å². The Labute approximate surface area is 76.7 Å². The van der Waals surface area contributed by atoms with Crippen molar-refractivity contribution in [1.82, 2.24) is 0 Å². The van der Waals surface area contributed by atoms with E-state index < -0.39 is 0 Å². The molecule has 1 rings (SSSR count). The van der Waals surface area contributed by atoms with E-state index in [9.17, 15) is 5.11 Å². The molecule has 0 amide bonds. The maximum Gasteiger partial charge on any atom is 0.154 e. The molecule has 0 aliphatic carbocycles. The van der Waals surface area contributed by atoms with Gasteiger partial charge < -0.3 is 9.84 Å². The molecule has 13 heavy (non-hydrogen) atoms. The second-order valence-electron chi connectivity index (χ2n) is 2.37. The van der Waals surface area contributed by atoms with Crippen LogP contribution in [-0.4, -0.2) is 12.2 Å². The molecule has 1 aromatic rings. The Morgan fingerprint density at radius 2 is 2.31 bits per heavy atom. The van der Waals surface area contributed by atoms with Crippen molar-refractivity contribution in [3.05, 3.63) is 41.4 Å². The van der Waals surface area contributed by atoms with E-state index in [4.69, 9.17) is 11.3 Å². The zero-order valence-corrected chi connectivity index (χ0v) is 7.19. The van der Waals surface area contributed by atoms with Gasteiger partial charge in [0.05, 0.1) is 13.7 Å². The molecule has 0 bridgehead atoms. The molecule has 0 heterocycles. The van der Waals surface area contributed by atoms with Crippen molar-refractivity contribution in [2.45, 2.75) is 0 Å². The predicted molar refractivity (Wildman–Crippen MR) is 50.3 cm³/mol. The van der Waals surface area contributed by atoms with Crippen molar-refractivity contribution in [3.63, 3.8) is 0 Å².